The number of aryl methyl sites for hydroxylation is 1. The van der Waals surface area contributed by atoms with Crippen molar-refractivity contribution in [3.8, 4) is 11.3 Å². The van der Waals surface area contributed by atoms with Gasteiger partial charge in [0.25, 0.3) is 5.91 Å². The fraction of sp³-hybridized carbons (Fsp3) is 0.111. The number of hydrogen-bond acceptors (Lipinski definition) is 2. The lowest BCUT2D eigenvalue weighted by atomic mass is 9.97. The van der Waals surface area contributed by atoms with Crippen molar-refractivity contribution in [3.63, 3.8) is 0 Å². The largest absolute Gasteiger partial charge is 0.340 e. The van der Waals surface area contributed by atoms with Crippen molar-refractivity contribution >= 4 is 21.8 Å². The van der Waals surface area contributed by atoms with E-state index in [1.165, 1.54) is 0 Å². The average Bonchev–Trinajstić information content (AvgIpc) is 3.06. The zero-order valence-electron chi connectivity index (χ0n) is 12.5. The SMILES string of the molecule is Cn1nc2c(c1-c1ccccc1)C(c1ccc(Br)cc1)NC2=O. The second-order valence-corrected chi connectivity index (χ2v) is 6.47. The minimum absolute atomic E-state index is 0.120. The second-order valence-electron chi connectivity index (χ2n) is 5.56. The van der Waals surface area contributed by atoms with Gasteiger partial charge >= 0.3 is 0 Å². The lowest BCUT2D eigenvalue weighted by Gasteiger charge is -2.15. The highest BCUT2D eigenvalue weighted by Crippen LogP contribution is 2.38. The van der Waals surface area contributed by atoms with Gasteiger partial charge in [-0.1, -0.05) is 58.4 Å². The van der Waals surface area contributed by atoms with Crippen LogP contribution in [0.4, 0.5) is 0 Å². The van der Waals surface area contributed by atoms with E-state index < -0.39 is 0 Å². The molecule has 0 radical (unpaired) electrons. The van der Waals surface area contributed by atoms with Gasteiger partial charge in [-0.25, -0.2) is 0 Å². The van der Waals surface area contributed by atoms with Crippen LogP contribution in [-0.2, 0) is 7.05 Å². The summed E-state index contributed by atoms with van der Waals surface area (Å²) in [5.74, 6) is -0.120. The summed E-state index contributed by atoms with van der Waals surface area (Å²) in [6.07, 6.45) is 0. The van der Waals surface area contributed by atoms with Gasteiger partial charge in [0.2, 0.25) is 0 Å². The fourth-order valence-electron chi connectivity index (χ4n) is 3.10. The monoisotopic (exact) mass is 367 g/mol. The Bertz CT molecular complexity index is 885. The zero-order valence-corrected chi connectivity index (χ0v) is 14.0. The third-order valence-corrected chi connectivity index (χ3v) is 4.64. The quantitative estimate of drug-likeness (QED) is 0.750. The van der Waals surface area contributed by atoms with Crippen LogP contribution in [0.2, 0.25) is 0 Å². The van der Waals surface area contributed by atoms with Crippen LogP contribution in [-0.4, -0.2) is 15.7 Å². The summed E-state index contributed by atoms with van der Waals surface area (Å²) >= 11 is 3.45. The summed E-state index contributed by atoms with van der Waals surface area (Å²) < 4.78 is 2.81. The van der Waals surface area contributed by atoms with Crippen molar-refractivity contribution in [2.24, 2.45) is 7.05 Å². The molecule has 0 fully saturated rings. The molecule has 2 aromatic carbocycles. The highest BCUT2D eigenvalue weighted by molar-refractivity contribution is 9.10. The number of aromatic nitrogens is 2. The topological polar surface area (TPSA) is 46.9 Å². The van der Waals surface area contributed by atoms with E-state index in [0.29, 0.717) is 5.69 Å². The zero-order chi connectivity index (χ0) is 16.0. The predicted molar refractivity (Wildman–Crippen MR) is 92.1 cm³/mol. The van der Waals surface area contributed by atoms with Crippen molar-refractivity contribution in [2.75, 3.05) is 0 Å². The summed E-state index contributed by atoms with van der Waals surface area (Å²) in [5.41, 5.74) is 4.55. The Morgan fingerprint density at radius 3 is 2.48 bits per heavy atom. The van der Waals surface area contributed by atoms with Crippen molar-refractivity contribution in [1.29, 1.82) is 0 Å². The number of benzene rings is 2. The Balaban J connectivity index is 1.91. The summed E-state index contributed by atoms with van der Waals surface area (Å²) in [4.78, 5) is 12.3. The molecule has 0 aliphatic carbocycles. The smallest absolute Gasteiger partial charge is 0.272 e. The first kappa shape index (κ1) is 14.2. The van der Waals surface area contributed by atoms with Crippen LogP contribution in [0.1, 0.15) is 27.7 Å². The van der Waals surface area contributed by atoms with Crippen LogP contribution in [0.3, 0.4) is 0 Å². The Hall–Kier alpha value is -2.40. The van der Waals surface area contributed by atoms with Crippen LogP contribution >= 0.6 is 15.9 Å². The van der Waals surface area contributed by atoms with E-state index in [1.54, 1.807) is 4.68 Å². The lowest BCUT2D eigenvalue weighted by Crippen LogP contribution is -2.21. The van der Waals surface area contributed by atoms with Crippen LogP contribution < -0.4 is 5.32 Å². The van der Waals surface area contributed by atoms with E-state index in [0.717, 1.165) is 26.9 Å². The normalized spacial score (nSPS) is 16.3. The first-order valence-corrected chi connectivity index (χ1v) is 8.13. The van der Waals surface area contributed by atoms with Gasteiger partial charge in [0, 0.05) is 22.6 Å². The number of fused-ring (bicyclic) bond motifs is 1. The van der Waals surface area contributed by atoms with E-state index in [1.807, 2.05) is 61.6 Å². The van der Waals surface area contributed by atoms with Crippen LogP contribution in [0.25, 0.3) is 11.3 Å². The molecule has 1 atom stereocenters. The third-order valence-electron chi connectivity index (χ3n) is 4.11. The Morgan fingerprint density at radius 2 is 1.78 bits per heavy atom. The molecular weight excluding hydrogens is 354 g/mol. The highest BCUT2D eigenvalue weighted by Gasteiger charge is 2.36. The molecule has 1 amide bonds. The molecule has 0 spiro atoms. The van der Waals surface area contributed by atoms with E-state index >= 15 is 0 Å². The van der Waals surface area contributed by atoms with Gasteiger partial charge in [0.15, 0.2) is 5.69 Å². The van der Waals surface area contributed by atoms with Gasteiger partial charge in [-0.15, -0.1) is 0 Å². The highest BCUT2D eigenvalue weighted by atomic mass is 79.9. The first-order valence-electron chi connectivity index (χ1n) is 7.34. The van der Waals surface area contributed by atoms with Gasteiger partial charge in [-0.3, -0.25) is 9.48 Å². The molecule has 0 saturated carbocycles. The van der Waals surface area contributed by atoms with Gasteiger partial charge in [-0.2, -0.15) is 5.10 Å². The van der Waals surface area contributed by atoms with Crippen molar-refractivity contribution in [1.82, 2.24) is 15.1 Å². The fourth-order valence-corrected chi connectivity index (χ4v) is 3.36. The molecule has 5 heteroatoms. The van der Waals surface area contributed by atoms with Gasteiger partial charge in [-0.05, 0) is 17.7 Å². The maximum Gasteiger partial charge on any atom is 0.272 e. The molecule has 1 N–H and O–H groups in total. The molecule has 23 heavy (non-hydrogen) atoms. The van der Waals surface area contributed by atoms with Crippen molar-refractivity contribution in [3.05, 3.63) is 75.9 Å². The predicted octanol–water partition coefficient (Wildman–Crippen LogP) is 3.68. The minimum Gasteiger partial charge on any atom is -0.340 e. The number of hydrogen-bond donors (Lipinski definition) is 1. The van der Waals surface area contributed by atoms with E-state index in [2.05, 4.69) is 26.3 Å². The summed E-state index contributed by atoms with van der Waals surface area (Å²) in [6.45, 7) is 0. The van der Waals surface area contributed by atoms with Crippen LogP contribution in [0.15, 0.2) is 59.1 Å². The Kier molecular flexibility index (Phi) is 3.31. The summed E-state index contributed by atoms with van der Waals surface area (Å²) in [5, 5.41) is 7.48. The molecule has 1 aromatic heterocycles. The molecule has 2 heterocycles. The molecule has 0 saturated heterocycles. The Labute approximate surface area is 142 Å². The number of nitrogens with zero attached hydrogens (tertiary/aromatic N) is 2. The average molecular weight is 368 g/mol. The van der Waals surface area contributed by atoms with Gasteiger partial charge in [0.1, 0.15) is 0 Å². The van der Waals surface area contributed by atoms with Crippen LogP contribution in [0.5, 0.6) is 0 Å². The molecule has 4 nitrogen and oxygen atoms in total. The second kappa shape index (κ2) is 5.35. The maximum absolute atomic E-state index is 12.3. The number of nitrogens with one attached hydrogen (secondary N) is 1. The molecular formula is C18H14BrN3O. The molecule has 1 aliphatic rings. The number of carbonyl (C=O) groups is 1. The van der Waals surface area contributed by atoms with Crippen molar-refractivity contribution < 1.29 is 4.79 Å². The number of amides is 1. The third kappa shape index (κ3) is 2.28. The standard InChI is InChI=1S/C18H14BrN3O/c1-22-17(12-5-3-2-4-6-12)14-15(20-18(23)16(14)21-22)11-7-9-13(19)10-8-11/h2-10,15H,1H3,(H,20,23). The first-order chi connectivity index (χ1) is 11.1. The number of carbonyl (C=O) groups excluding carboxylic acids is 1. The van der Waals surface area contributed by atoms with Gasteiger partial charge in [0.05, 0.1) is 11.7 Å². The molecule has 1 aliphatic heterocycles. The van der Waals surface area contributed by atoms with E-state index in [9.17, 15) is 4.79 Å². The summed E-state index contributed by atoms with van der Waals surface area (Å²) in [6, 6.07) is 17.9. The van der Waals surface area contributed by atoms with Gasteiger partial charge < -0.3 is 5.32 Å². The van der Waals surface area contributed by atoms with E-state index in [-0.39, 0.29) is 11.9 Å². The minimum atomic E-state index is -0.172. The molecule has 0 bridgehead atoms. The number of rotatable bonds is 2. The lowest BCUT2D eigenvalue weighted by molar-refractivity contribution is 0.0954. The van der Waals surface area contributed by atoms with Crippen molar-refractivity contribution in [2.45, 2.75) is 6.04 Å². The molecule has 4 rings (SSSR count). The van der Waals surface area contributed by atoms with E-state index in [4.69, 9.17) is 0 Å². The van der Waals surface area contributed by atoms with Crippen LogP contribution in [0, 0.1) is 0 Å². The molecule has 114 valence electrons. The maximum atomic E-state index is 12.3. The molecule has 3 aromatic rings. The Morgan fingerprint density at radius 1 is 1.09 bits per heavy atom. The number of halogens is 1. The molecule has 1 unspecified atom stereocenters. The summed E-state index contributed by atoms with van der Waals surface area (Å²) in [7, 11) is 1.88.